The van der Waals surface area contributed by atoms with Gasteiger partial charge in [0.05, 0.1) is 12.3 Å². The number of hydrogen-bond donors (Lipinski definition) is 1. The van der Waals surface area contributed by atoms with Gasteiger partial charge in [0.1, 0.15) is 4.99 Å². The van der Waals surface area contributed by atoms with E-state index in [1.165, 1.54) is 4.90 Å². The van der Waals surface area contributed by atoms with Crippen molar-refractivity contribution >= 4 is 52.0 Å². The molecule has 1 N–H and O–H groups in total. The van der Waals surface area contributed by atoms with Gasteiger partial charge < -0.3 is 5.32 Å². The third kappa shape index (κ3) is 2.98. The van der Waals surface area contributed by atoms with Gasteiger partial charge in [-0.25, -0.2) is 0 Å². The van der Waals surface area contributed by atoms with Crippen LogP contribution in [-0.2, 0) is 0 Å². The molecule has 1 heterocycles. The van der Waals surface area contributed by atoms with Gasteiger partial charge in [0.15, 0.2) is 0 Å². The largest absolute Gasteiger partial charge is 0.348 e. The number of anilines is 1. The minimum absolute atomic E-state index is 0.471. The van der Waals surface area contributed by atoms with Crippen LogP contribution in [0.1, 0.15) is 11.1 Å². The van der Waals surface area contributed by atoms with Gasteiger partial charge in [0.25, 0.3) is 0 Å². The van der Waals surface area contributed by atoms with Gasteiger partial charge in [-0.1, -0.05) is 42.0 Å². The fraction of sp³-hybridized carbons (Fsp3) is 0.125. The van der Waals surface area contributed by atoms with Gasteiger partial charge in [0, 0.05) is 26.7 Å². The minimum Gasteiger partial charge on any atom is -0.348 e. The molecule has 2 aromatic carbocycles. The molecule has 0 aromatic heterocycles. The molecular formula is C16H13ClN2S2. The maximum absolute atomic E-state index is 6.35. The Kier molecular flexibility index (Phi) is 4.29. The highest BCUT2D eigenvalue weighted by Gasteiger charge is 2.18. The first-order valence-corrected chi connectivity index (χ1v) is 8.48. The van der Waals surface area contributed by atoms with Crippen molar-refractivity contribution in [3.63, 3.8) is 0 Å². The Morgan fingerprint density at radius 3 is 2.76 bits per heavy atom. The van der Waals surface area contributed by atoms with E-state index in [4.69, 9.17) is 23.8 Å². The van der Waals surface area contributed by atoms with Crippen LogP contribution in [0.3, 0.4) is 0 Å². The topological polar surface area (TPSA) is 24.4 Å². The van der Waals surface area contributed by atoms with Crippen molar-refractivity contribution in [1.29, 1.82) is 0 Å². The molecule has 0 saturated heterocycles. The fourth-order valence-electron chi connectivity index (χ4n) is 2.26. The van der Waals surface area contributed by atoms with E-state index in [1.807, 2.05) is 30.3 Å². The molecule has 0 fully saturated rings. The average molecular weight is 333 g/mol. The van der Waals surface area contributed by atoms with Crippen molar-refractivity contribution in [2.24, 2.45) is 4.99 Å². The summed E-state index contributed by atoms with van der Waals surface area (Å²) in [6, 6.07) is 14.0. The SMILES string of the molecule is CSc1ccc2c(c1)C(c1ccccc1Cl)=NCC(=S)N2. The zero-order valence-electron chi connectivity index (χ0n) is 11.4. The van der Waals surface area contributed by atoms with E-state index in [9.17, 15) is 0 Å². The molecule has 3 rings (SSSR count). The molecule has 0 spiro atoms. The second kappa shape index (κ2) is 6.18. The van der Waals surface area contributed by atoms with Gasteiger partial charge >= 0.3 is 0 Å². The van der Waals surface area contributed by atoms with Crippen LogP contribution < -0.4 is 5.32 Å². The molecular weight excluding hydrogens is 320 g/mol. The van der Waals surface area contributed by atoms with Crippen molar-refractivity contribution in [2.75, 3.05) is 18.1 Å². The third-order valence-electron chi connectivity index (χ3n) is 3.27. The molecule has 2 aromatic rings. The highest BCUT2D eigenvalue weighted by atomic mass is 35.5. The van der Waals surface area contributed by atoms with E-state index in [2.05, 4.69) is 28.7 Å². The zero-order chi connectivity index (χ0) is 14.8. The Hall–Kier alpha value is -1.36. The lowest BCUT2D eigenvalue weighted by atomic mass is 10.0. The maximum atomic E-state index is 6.35. The monoisotopic (exact) mass is 332 g/mol. The molecule has 0 amide bonds. The van der Waals surface area contributed by atoms with E-state index >= 15 is 0 Å². The highest BCUT2D eigenvalue weighted by molar-refractivity contribution is 7.98. The lowest BCUT2D eigenvalue weighted by molar-refractivity contribution is 1.31. The van der Waals surface area contributed by atoms with Crippen molar-refractivity contribution in [2.45, 2.75) is 4.90 Å². The summed E-state index contributed by atoms with van der Waals surface area (Å²) in [4.78, 5) is 6.57. The van der Waals surface area contributed by atoms with Crippen LogP contribution in [0.5, 0.6) is 0 Å². The summed E-state index contributed by atoms with van der Waals surface area (Å²) in [5.74, 6) is 0. The van der Waals surface area contributed by atoms with E-state index in [-0.39, 0.29) is 0 Å². The number of hydrogen-bond acceptors (Lipinski definition) is 3. The van der Waals surface area contributed by atoms with Crippen LogP contribution in [0.25, 0.3) is 0 Å². The van der Waals surface area contributed by atoms with E-state index in [0.29, 0.717) is 11.6 Å². The van der Waals surface area contributed by atoms with Crippen molar-refractivity contribution in [3.05, 3.63) is 58.6 Å². The smallest absolute Gasteiger partial charge is 0.102 e. The van der Waals surface area contributed by atoms with E-state index in [0.717, 1.165) is 27.5 Å². The van der Waals surface area contributed by atoms with Crippen molar-refractivity contribution in [1.82, 2.24) is 0 Å². The summed E-state index contributed by atoms with van der Waals surface area (Å²) in [7, 11) is 0. The first-order valence-electron chi connectivity index (χ1n) is 6.46. The second-order valence-corrected chi connectivity index (χ2v) is 6.38. The summed E-state index contributed by atoms with van der Waals surface area (Å²) >= 11 is 13.4. The molecule has 0 bridgehead atoms. The molecule has 0 saturated carbocycles. The summed E-state index contributed by atoms with van der Waals surface area (Å²) in [5.41, 5.74) is 3.84. The van der Waals surface area contributed by atoms with E-state index in [1.54, 1.807) is 11.8 Å². The van der Waals surface area contributed by atoms with Gasteiger partial charge in [-0.05, 0) is 30.5 Å². The summed E-state index contributed by atoms with van der Waals surface area (Å²) in [6.07, 6.45) is 2.06. The summed E-state index contributed by atoms with van der Waals surface area (Å²) in [5, 5.41) is 3.96. The molecule has 1 aliphatic rings. The number of benzodiazepines with no additional fused rings is 1. The molecule has 0 aliphatic carbocycles. The van der Waals surface area contributed by atoms with Gasteiger partial charge in [-0.3, -0.25) is 4.99 Å². The van der Waals surface area contributed by atoms with Crippen LogP contribution in [0.4, 0.5) is 5.69 Å². The summed E-state index contributed by atoms with van der Waals surface area (Å²) < 4.78 is 0. The predicted octanol–water partition coefficient (Wildman–Crippen LogP) is 4.65. The Labute approximate surface area is 138 Å². The number of aliphatic imine (C=N–C) groups is 1. The van der Waals surface area contributed by atoms with Crippen LogP contribution >= 0.6 is 35.6 Å². The molecule has 0 atom stereocenters. The molecule has 2 nitrogen and oxygen atoms in total. The number of thioether (sulfide) groups is 1. The number of benzene rings is 2. The van der Waals surface area contributed by atoms with Crippen molar-refractivity contribution < 1.29 is 0 Å². The van der Waals surface area contributed by atoms with Gasteiger partial charge in [0.2, 0.25) is 0 Å². The highest BCUT2D eigenvalue weighted by Crippen LogP contribution is 2.29. The Balaban J connectivity index is 2.21. The van der Waals surface area contributed by atoms with E-state index < -0.39 is 0 Å². The molecule has 21 heavy (non-hydrogen) atoms. The predicted molar refractivity (Wildman–Crippen MR) is 96.4 cm³/mol. The first kappa shape index (κ1) is 14.6. The fourth-order valence-corrected chi connectivity index (χ4v) is 3.10. The lowest BCUT2D eigenvalue weighted by Crippen LogP contribution is -2.10. The van der Waals surface area contributed by atoms with Crippen LogP contribution in [0.2, 0.25) is 5.02 Å². The molecule has 106 valence electrons. The number of halogens is 1. The maximum Gasteiger partial charge on any atom is 0.102 e. The normalized spacial score (nSPS) is 14.0. The zero-order valence-corrected chi connectivity index (χ0v) is 13.8. The molecule has 5 heteroatoms. The lowest BCUT2D eigenvalue weighted by Gasteiger charge is -2.12. The number of nitrogens with one attached hydrogen (secondary N) is 1. The molecule has 0 radical (unpaired) electrons. The quantitative estimate of drug-likeness (QED) is 0.639. The van der Waals surface area contributed by atoms with Crippen LogP contribution in [-0.4, -0.2) is 23.5 Å². The second-order valence-electron chi connectivity index (χ2n) is 4.60. The first-order chi connectivity index (χ1) is 10.2. The number of thiocarbonyl (C=S) groups is 1. The standard InChI is InChI=1S/C16H13ClN2S2/c1-21-10-6-7-14-12(8-10)16(18-9-15(20)19-14)11-4-2-3-5-13(11)17/h2-8H,9H2,1H3,(H,19,20). The minimum atomic E-state index is 0.471. The number of fused-ring (bicyclic) bond motifs is 1. The van der Waals surface area contributed by atoms with Gasteiger partial charge in [-0.2, -0.15) is 0 Å². The molecule has 0 unspecified atom stereocenters. The Bertz CT molecular complexity index is 741. The Morgan fingerprint density at radius 2 is 2.00 bits per heavy atom. The Morgan fingerprint density at radius 1 is 1.19 bits per heavy atom. The van der Waals surface area contributed by atoms with Gasteiger partial charge in [-0.15, -0.1) is 11.8 Å². The van der Waals surface area contributed by atoms with Crippen LogP contribution in [0, 0.1) is 0 Å². The third-order valence-corrected chi connectivity index (χ3v) is 4.55. The average Bonchev–Trinajstić information content (AvgIpc) is 2.65. The molecule has 1 aliphatic heterocycles. The van der Waals surface area contributed by atoms with Crippen LogP contribution in [0.15, 0.2) is 52.4 Å². The summed E-state index contributed by atoms with van der Waals surface area (Å²) in [6.45, 7) is 0.471. The van der Waals surface area contributed by atoms with Crippen molar-refractivity contribution in [3.8, 4) is 0 Å². The number of rotatable bonds is 2. The number of nitrogens with zero attached hydrogens (tertiary/aromatic N) is 1.